The van der Waals surface area contributed by atoms with Crippen LogP contribution >= 0.6 is 0 Å². The molecule has 82 valence electrons. The van der Waals surface area contributed by atoms with Gasteiger partial charge in [0.2, 0.25) is 0 Å². The Hall–Kier alpha value is -1.18. The SMILES string of the molecule is CCOc1cc2c(cc1CC)OC(C)C2. The van der Waals surface area contributed by atoms with Crippen LogP contribution in [0.5, 0.6) is 11.5 Å². The molecule has 1 atom stereocenters. The van der Waals surface area contributed by atoms with Gasteiger partial charge in [-0.3, -0.25) is 0 Å². The molecule has 0 saturated heterocycles. The normalized spacial score (nSPS) is 18.5. The monoisotopic (exact) mass is 206 g/mol. The summed E-state index contributed by atoms with van der Waals surface area (Å²) in [6, 6.07) is 4.27. The summed E-state index contributed by atoms with van der Waals surface area (Å²) >= 11 is 0. The summed E-state index contributed by atoms with van der Waals surface area (Å²) in [6.45, 7) is 6.99. The van der Waals surface area contributed by atoms with Crippen molar-refractivity contribution in [2.24, 2.45) is 0 Å². The Morgan fingerprint density at radius 3 is 2.87 bits per heavy atom. The Kier molecular flexibility index (Phi) is 2.85. The lowest BCUT2D eigenvalue weighted by Crippen LogP contribution is -2.05. The van der Waals surface area contributed by atoms with Crippen LogP contribution in [-0.2, 0) is 12.8 Å². The first kappa shape index (κ1) is 10.3. The summed E-state index contributed by atoms with van der Waals surface area (Å²) in [5, 5.41) is 0. The number of rotatable bonds is 3. The van der Waals surface area contributed by atoms with Crippen molar-refractivity contribution in [2.75, 3.05) is 6.61 Å². The molecule has 15 heavy (non-hydrogen) atoms. The molecule has 2 nitrogen and oxygen atoms in total. The van der Waals surface area contributed by atoms with E-state index in [1.54, 1.807) is 0 Å². The summed E-state index contributed by atoms with van der Waals surface area (Å²) in [5.41, 5.74) is 2.52. The minimum atomic E-state index is 0.307. The van der Waals surface area contributed by atoms with E-state index < -0.39 is 0 Å². The molecule has 0 saturated carbocycles. The third-order valence-corrected chi connectivity index (χ3v) is 2.76. The highest BCUT2D eigenvalue weighted by atomic mass is 16.5. The number of benzene rings is 1. The minimum absolute atomic E-state index is 0.307. The topological polar surface area (TPSA) is 18.5 Å². The Labute approximate surface area is 91.2 Å². The lowest BCUT2D eigenvalue weighted by Gasteiger charge is -2.10. The molecule has 0 aliphatic carbocycles. The van der Waals surface area contributed by atoms with Gasteiger partial charge in [-0.05, 0) is 38.0 Å². The van der Waals surface area contributed by atoms with Gasteiger partial charge in [0.25, 0.3) is 0 Å². The lowest BCUT2D eigenvalue weighted by atomic mass is 10.1. The number of fused-ring (bicyclic) bond motifs is 1. The quantitative estimate of drug-likeness (QED) is 0.757. The molecule has 0 bridgehead atoms. The molecule has 2 heteroatoms. The third kappa shape index (κ3) is 1.94. The van der Waals surface area contributed by atoms with Gasteiger partial charge in [0.15, 0.2) is 0 Å². The maximum Gasteiger partial charge on any atom is 0.123 e. The summed E-state index contributed by atoms with van der Waals surface area (Å²) in [5.74, 6) is 2.07. The lowest BCUT2D eigenvalue weighted by molar-refractivity contribution is 0.254. The molecule has 1 heterocycles. The largest absolute Gasteiger partial charge is 0.494 e. The molecule has 1 aromatic carbocycles. The Morgan fingerprint density at radius 2 is 2.20 bits per heavy atom. The van der Waals surface area contributed by atoms with Crippen molar-refractivity contribution in [3.05, 3.63) is 23.3 Å². The van der Waals surface area contributed by atoms with Crippen LogP contribution in [-0.4, -0.2) is 12.7 Å². The van der Waals surface area contributed by atoms with Crippen molar-refractivity contribution < 1.29 is 9.47 Å². The fourth-order valence-corrected chi connectivity index (χ4v) is 2.05. The first-order valence-corrected chi connectivity index (χ1v) is 5.69. The highest BCUT2D eigenvalue weighted by Gasteiger charge is 2.21. The van der Waals surface area contributed by atoms with E-state index in [1.165, 1.54) is 11.1 Å². The van der Waals surface area contributed by atoms with Gasteiger partial charge >= 0.3 is 0 Å². The van der Waals surface area contributed by atoms with E-state index in [0.29, 0.717) is 6.10 Å². The smallest absolute Gasteiger partial charge is 0.123 e. The number of aryl methyl sites for hydroxylation is 1. The van der Waals surface area contributed by atoms with E-state index in [9.17, 15) is 0 Å². The van der Waals surface area contributed by atoms with Gasteiger partial charge in [0.05, 0.1) is 6.61 Å². The van der Waals surface area contributed by atoms with Crippen molar-refractivity contribution in [3.8, 4) is 11.5 Å². The van der Waals surface area contributed by atoms with Crippen LogP contribution in [0.25, 0.3) is 0 Å². The molecule has 0 fully saturated rings. The van der Waals surface area contributed by atoms with Crippen LogP contribution in [0.1, 0.15) is 31.9 Å². The van der Waals surface area contributed by atoms with Crippen LogP contribution in [0.2, 0.25) is 0 Å². The standard InChI is InChI=1S/C13H18O2/c1-4-10-7-13-11(6-9(3)15-13)8-12(10)14-5-2/h7-9H,4-6H2,1-3H3. The van der Waals surface area contributed by atoms with Crippen LogP contribution in [0.15, 0.2) is 12.1 Å². The fraction of sp³-hybridized carbons (Fsp3) is 0.538. The average Bonchev–Trinajstić information content (AvgIpc) is 2.56. The van der Waals surface area contributed by atoms with E-state index >= 15 is 0 Å². The van der Waals surface area contributed by atoms with Gasteiger partial charge in [-0.1, -0.05) is 6.92 Å². The predicted octanol–water partition coefficient (Wildman–Crippen LogP) is 2.97. The second kappa shape index (κ2) is 4.13. The van der Waals surface area contributed by atoms with E-state index in [-0.39, 0.29) is 0 Å². The molecule has 0 radical (unpaired) electrons. The average molecular weight is 206 g/mol. The van der Waals surface area contributed by atoms with Crippen LogP contribution < -0.4 is 9.47 Å². The van der Waals surface area contributed by atoms with Crippen LogP contribution in [0.3, 0.4) is 0 Å². The summed E-state index contributed by atoms with van der Waals surface area (Å²) in [7, 11) is 0. The molecule has 0 aromatic heterocycles. The fourth-order valence-electron chi connectivity index (χ4n) is 2.05. The Balaban J connectivity index is 2.36. The second-order valence-corrected chi connectivity index (χ2v) is 3.99. The van der Waals surface area contributed by atoms with Crippen molar-refractivity contribution >= 4 is 0 Å². The van der Waals surface area contributed by atoms with Gasteiger partial charge in [0.1, 0.15) is 17.6 Å². The number of hydrogen-bond donors (Lipinski definition) is 0. The van der Waals surface area contributed by atoms with Crippen molar-refractivity contribution in [2.45, 2.75) is 39.7 Å². The maximum absolute atomic E-state index is 5.73. The Bertz CT molecular complexity index is 358. The van der Waals surface area contributed by atoms with Crippen molar-refractivity contribution in [3.63, 3.8) is 0 Å². The van der Waals surface area contributed by atoms with Gasteiger partial charge in [-0.2, -0.15) is 0 Å². The zero-order valence-corrected chi connectivity index (χ0v) is 9.67. The second-order valence-electron chi connectivity index (χ2n) is 3.99. The molecule has 0 amide bonds. The highest BCUT2D eigenvalue weighted by molar-refractivity contribution is 5.48. The third-order valence-electron chi connectivity index (χ3n) is 2.76. The minimum Gasteiger partial charge on any atom is -0.494 e. The molecule has 1 aliphatic rings. The van der Waals surface area contributed by atoms with Gasteiger partial charge < -0.3 is 9.47 Å². The molecule has 1 aromatic rings. The summed E-state index contributed by atoms with van der Waals surface area (Å²) < 4.78 is 11.4. The van der Waals surface area contributed by atoms with Crippen LogP contribution in [0, 0.1) is 0 Å². The van der Waals surface area contributed by atoms with Gasteiger partial charge in [0, 0.05) is 12.0 Å². The molecule has 1 unspecified atom stereocenters. The van der Waals surface area contributed by atoms with Crippen LogP contribution in [0.4, 0.5) is 0 Å². The van der Waals surface area contributed by atoms with E-state index in [4.69, 9.17) is 9.47 Å². The zero-order valence-electron chi connectivity index (χ0n) is 9.67. The summed E-state index contributed by atoms with van der Waals surface area (Å²) in [4.78, 5) is 0. The first-order chi connectivity index (χ1) is 7.24. The first-order valence-electron chi connectivity index (χ1n) is 5.69. The van der Waals surface area contributed by atoms with Crippen molar-refractivity contribution in [1.82, 2.24) is 0 Å². The van der Waals surface area contributed by atoms with E-state index in [2.05, 4.69) is 26.0 Å². The molecular formula is C13H18O2. The van der Waals surface area contributed by atoms with E-state index in [1.807, 2.05) is 6.92 Å². The van der Waals surface area contributed by atoms with Crippen molar-refractivity contribution in [1.29, 1.82) is 0 Å². The Morgan fingerprint density at radius 1 is 1.40 bits per heavy atom. The molecular weight excluding hydrogens is 188 g/mol. The highest BCUT2D eigenvalue weighted by Crippen LogP contribution is 2.35. The maximum atomic E-state index is 5.73. The van der Waals surface area contributed by atoms with Gasteiger partial charge in [-0.15, -0.1) is 0 Å². The summed E-state index contributed by atoms with van der Waals surface area (Å²) in [6.07, 6.45) is 2.29. The molecule has 0 spiro atoms. The van der Waals surface area contributed by atoms with Gasteiger partial charge in [-0.25, -0.2) is 0 Å². The molecule has 0 N–H and O–H groups in total. The zero-order chi connectivity index (χ0) is 10.8. The number of hydrogen-bond acceptors (Lipinski definition) is 2. The molecule has 2 rings (SSSR count). The van der Waals surface area contributed by atoms with E-state index in [0.717, 1.165) is 30.9 Å². The number of ether oxygens (including phenoxy) is 2. The molecule has 1 aliphatic heterocycles. The predicted molar refractivity (Wildman–Crippen MR) is 60.8 cm³/mol.